The van der Waals surface area contributed by atoms with E-state index in [9.17, 15) is 14.9 Å². The molecule has 1 saturated heterocycles. The van der Waals surface area contributed by atoms with Gasteiger partial charge in [-0.05, 0) is 36.4 Å². The van der Waals surface area contributed by atoms with Gasteiger partial charge in [0.15, 0.2) is 0 Å². The number of nitrogens with one attached hydrogen (secondary N) is 1. The maximum Gasteiger partial charge on any atom is 0.287 e. The monoisotopic (exact) mass is 332 g/mol. The van der Waals surface area contributed by atoms with Crippen LogP contribution in [0.1, 0.15) is 21.7 Å². The van der Waals surface area contributed by atoms with Crippen LogP contribution in [0, 0.1) is 17.0 Å². The van der Waals surface area contributed by atoms with Crippen LogP contribution in [-0.2, 0) is 0 Å². The van der Waals surface area contributed by atoms with Crippen LogP contribution in [0.2, 0.25) is 0 Å². The SMILES string of the molecule is Cc1ccsc1C(=O)N1CCC(Nc2ccc([N+](=O)[O-])cn2)C1. The second kappa shape index (κ2) is 6.33. The first-order valence-corrected chi connectivity index (χ1v) is 8.13. The molecule has 1 amide bonds. The van der Waals surface area contributed by atoms with E-state index in [0.717, 1.165) is 16.9 Å². The van der Waals surface area contributed by atoms with Gasteiger partial charge in [-0.3, -0.25) is 14.9 Å². The zero-order chi connectivity index (χ0) is 16.4. The average Bonchev–Trinajstić information content (AvgIpc) is 3.16. The van der Waals surface area contributed by atoms with Crippen LogP contribution < -0.4 is 5.32 Å². The van der Waals surface area contributed by atoms with Crippen molar-refractivity contribution in [3.8, 4) is 0 Å². The van der Waals surface area contributed by atoms with Gasteiger partial charge in [-0.15, -0.1) is 11.3 Å². The number of pyridine rings is 1. The third-order valence-corrected chi connectivity index (χ3v) is 4.85. The molecule has 1 atom stereocenters. The predicted molar refractivity (Wildman–Crippen MR) is 87.9 cm³/mol. The Morgan fingerprint density at radius 2 is 2.30 bits per heavy atom. The topological polar surface area (TPSA) is 88.4 Å². The Morgan fingerprint density at radius 1 is 1.48 bits per heavy atom. The van der Waals surface area contributed by atoms with Crippen molar-refractivity contribution in [2.24, 2.45) is 0 Å². The lowest BCUT2D eigenvalue weighted by atomic mass is 10.2. The van der Waals surface area contributed by atoms with Gasteiger partial charge in [0.1, 0.15) is 12.0 Å². The molecule has 1 aliphatic rings. The number of aryl methyl sites for hydroxylation is 1. The van der Waals surface area contributed by atoms with Gasteiger partial charge in [0, 0.05) is 25.2 Å². The van der Waals surface area contributed by atoms with Gasteiger partial charge in [-0.1, -0.05) is 0 Å². The number of nitro groups is 1. The summed E-state index contributed by atoms with van der Waals surface area (Å²) < 4.78 is 0. The van der Waals surface area contributed by atoms with E-state index in [4.69, 9.17) is 0 Å². The number of aromatic nitrogens is 1. The summed E-state index contributed by atoms with van der Waals surface area (Å²) in [4.78, 5) is 29.3. The summed E-state index contributed by atoms with van der Waals surface area (Å²) in [7, 11) is 0. The molecule has 120 valence electrons. The lowest BCUT2D eigenvalue weighted by Crippen LogP contribution is -2.31. The van der Waals surface area contributed by atoms with Crippen molar-refractivity contribution in [1.82, 2.24) is 9.88 Å². The number of likely N-dealkylation sites (tertiary alicyclic amines) is 1. The zero-order valence-corrected chi connectivity index (χ0v) is 13.4. The Labute approximate surface area is 137 Å². The third kappa shape index (κ3) is 3.31. The smallest absolute Gasteiger partial charge is 0.287 e. The van der Waals surface area contributed by atoms with Gasteiger partial charge in [0.2, 0.25) is 0 Å². The zero-order valence-electron chi connectivity index (χ0n) is 12.6. The molecule has 0 spiro atoms. The summed E-state index contributed by atoms with van der Waals surface area (Å²) in [6.07, 6.45) is 2.06. The third-order valence-electron chi connectivity index (χ3n) is 3.84. The van der Waals surface area contributed by atoms with E-state index in [1.165, 1.54) is 23.6 Å². The maximum atomic E-state index is 12.5. The number of amides is 1. The molecule has 3 rings (SSSR count). The van der Waals surface area contributed by atoms with Crippen LogP contribution in [0.5, 0.6) is 0 Å². The molecule has 8 heteroatoms. The average molecular weight is 332 g/mol. The minimum absolute atomic E-state index is 0.0352. The molecular weight excluding hydrogens is 316 g/mol. The standard InChI is InChI=1S/C15H16N4O3S/c1-10-5-7-23-14(10)15(20)18-6-4-11(9-18)17-13-3-2-12(8-16-13)19(21)22/h2-3,5,7-8,11H,4,6,9H2,1H3,(H,16,17). The normalized spacial score (nSPS) is 17.3. The Morgan fingerprint density at radius 3 is 2.91 bits per heavy atom. The number of thiophene rings is 1. The second-order valence-corrected chi connectivity index (χ2v) is 6.39. The van der Waals surface area contributed by atoms with Gasteiger partial charge < -0.3 is 10.2 Å². The molecular formula is C15H16N4O3S. The van der Waals surface area contributed by atoms with E-state index < -0.39 is 4.92 Å². The first-order valence-electron chi connectivity index (χ1n) is 7.25. The van der Waals surface area contributed by atoms with Gasteiger partial charge in [0.05, 0.1) is 9.80 Å². The number of hydrogen-bond donors (Lipinski definition) is 1. The van der Waals surface area contributed by atoms with Crippen molar-refractivity contribution >= 4 is 28.7 Å². The molecule has 3 heterocycles. The highest BCUT2D eigenvalue weighted by Crippen LogP contribution is 2.22. The molecule has 0 aliphatic carbocycles. The quantitative estimate of drug-likeness (QED) is 0.687. The van der Waals surface area contributed by atoms with Crippen molar-refractivity contribution < 1.29 is 9.72 Å². The summed E-state index contributed by atoms with van der Waals surface area (Å²) in [6.45, 7) is 3.24. The number of carbonyl (C=O) groups excluding carboxylic acids is 1. The lowest BCUT2D eigenvalue weighted by molar-refractivity contribution is -0.385. The van der Waals surface area contributed by atoms with Gasteiger partial charge in [-0.2, -0.15) is 0 Å². The molecule has 1 unspecified atom stereocenters. The van der Waals surface area contributed by atoms with Crippen molar-refractivity contribution in [2.75, 3.05) is 18.4 Å². The minimum Gasteiger partial charge on any atom is -0.365 e. The Hall–Kier alpha value is -2.48. The molecule has 1 fully saturated rings. The van der Waals surface area contributed by atoms with Crippen LogP contribution >= 0.6 is 11.3 Å². The van der Waals surface area contributed by atoms with Crippen LogP contribution in [0.15, 0.2) is 29.8 Å². The molecule has 2 aromatic rings. The summed E-state index contributed by atoms with van der Waals surface area (Å²) in [5, 5.41) is 15.8. The van der Waals surface area contributed by atoms with Gasteiger partial charge in [-0.25, -0.2) is 4.98 Å². The number of anilines is 1. The number of carbonyl (C=O) groups is 1. The molecule has 0 bridgehead atoms. The molecule has 1 N–H and O–H groups in total. The molecule has 1 aliphatic heterocycles. The summed E-state index contributed by atoms with van der Waals surface area (Å²) in [5.74, 6) is 0.653. The van der Waals surface area contributed by atoms with Crippen LogP contribution in [0.25, 0.3) is 0 Å². The fourth-order valence-electron chi connectivity index (χ4n) is 2.59. The molecule has 0 radical (unpaired) electrons. The number of rotatable bonds is 4. The van der Waals surface area contributed by atoms with Gasteiger partial charge >= 0.3 is 0 Å². The number of hydrogen-bond acceptors (Lipinski definition) is 6. The Bertz CT molecular complexity index is 729. The van der Waals surface area contributed by atoms with E-state index in [0.29, 0.717) is 18.9 Å². The molecule has 0 saturated carbocycles. The Kier molecular flexibility index (Phi) is 4.24. The summed E-state index contributed by atoms with van der Waals surface area (Å²) in [6, 6.07) is 5.06. The first-order chi connectivity index (χ1) is 11.0. The maximum absolute atomic E-state index is 12.5. The highest BCUT2D eigenvalue weighted by molar-refractivity contribution is 7.12. The highest BCUT2D eigenvalue weighted by atomic mass is 32.1. The van der Waals surface area contributed by atoms with Crippen LogP contribution in [0.3, 0.4) is 0 Å². The van der Waals surface area contributed by atoms with Crippen molar-refractivity contribution in [1.29, 1.82) is 0 Å². The van der Waals surface area contributed by atoms with Crippen LogP contribution in [0.4, 0.5) is 11.5 Å². The van der Waals surface area contributed by atoms with Crippen molar-refractivity contribution in [2.45, 2.75) is 19.4 Å². The molecule has 0 aromatic carbocycles. The van der Waals surface area contributed by atoms with Crippen molar-refractivity contribution in [3.63, 3.8) is 0 Å². The second-order valence-electron chi connectivity index (χ2n) is 5.47. The van der Waals surface area contributed by atoms with E-state index in [1.807, 2.05) is 23.3 Å². The first kappa shape index (κ1) is 15.4. The summed E-state index contributed by atoms with van der Waals surface area (Å²) in [5.41, 5.74) is 0.973. The molecule has 23 heavy (non-hydrogen) atoms. The van der Waals surface area contributed by atoms with E-state index in [-0.39, 0.29) is 17.6 Å². The molecule has 7 nitrogen and oxygen atoms in total. The predicted octanol–water partition coefficient (Wildman–Crippen LogP) is 2.69. The number of nitrogens with zero attached hydrogens (tertiary/aromatic N) is 3. The van der Waals surface area contributed by atoms with Crippen molar-refractivity contribution in [3.05, 3.63) is 50.3 Å². The Balaban J connectivity index is 1.60. The van der Waals surface area contributed by atoms with E-state index in [2.05, 4.69) is 10.3 Å². The molecule has 2 aromatic heterocycles. The van der Waals surface area contributed by atoms with E-state index >= 15 is 0 Å². The summed E-state index contributed by atoms with van der Waals surface area (Å²) >= 11 is 1.47. The largest absolute Gasteiger partial charge is 0.365 e. The van der Waals surface area contributed by atoms with Gasteiger partial charge in [0.25, 0.3) is 11.6 Å². The lowest BCUT2D eigenvalue weighted by Gasteiger charge is -2.17. The highest BCUT2D eigenvalue weighted by Gasteiger charge is 2.28. The van der Waals surface area contributed by atoms with Crippen LogP contribution in [-0.4, -0.2) is 39.8 Å². The van der Waals surface area contributed by atoms with E-state index in [1.54, 1.807) is 6.07 Å². The minimum atomic E-state index is -0.476. The fraction of sp³-hybridized carbons (Fsp3) is 0.333. The fourth-order valence-corrected chi connectivity index (χ4v) is 3.48.